The van der Waals surface area contributed by atoms with Crippen LogP contribution in [0.2, 0.25) is 0 Å². The van der Waals surface area contributed by atoms with Crippen LogP contribution in [0.15, 0.2) is 72.9 Å². The first-order valence-corrected chi connectivity index (χ1v) is 20.2. The van der Waals surface area contributed by atoms with Gasteiger partial charge in [-0.2, -0.15) is 8.42 Å². The van der Waals surface area contributed by atoms with Gasteiger partial charge in [-0.1, -0.05) is 164 Å². The van der Waals surface area contributed by atoms with Crippen LogP contribution in [0.5, 0.6) is 0 Å². The predicted molar refractivity (Wildman–Crippen MR) is 202 cm³/mol. The molecule has 1 amide bonds. The number of allylic oxidation sites excluding steroid dienone is 11. The first-order valence-electron chi connectivity index (χ1n) is 18.6. The van der Waals surface area contributed by atoms with E-state index in [1.165, 1.54) is 76.7 Å². The number of hydrogen-bond acceptors (Lipinski definition) is 4. The largest absolute Gasteiger partial charge is 0.387 e. The Morgan fingerprint density at radius 2 is 1.02 bits per heavy atom. The quantitative estimate of drug-likeness (QED) is 0.0374. The van der Waals surface area contributed by atoms with Gasteiger partial charge < -0.3 is 10.4 Å². The van der Waals surface area contributed by atoms with Gasteiger partial charge in [-0.3, -0.25) is 9.35 Å². The molecular weight excluding hydrogens is 607 g/mol. The first-order chi connectivity index (χ1) is 22.8. The molecular formula is C40H69NO5S. The molecule has 0 saturated carbocycles. The molecule has 3 N–H and O–H groups in total. The fourth-order valence-corrected chi connectivity index (χ4v) is 5.86. The number of rotatable bonds is 32. The van der Waals surface area contributed by atoms with Crippen molar-refractivity contribution < 1.29 is 22.9 Å². The predicted octanol–water partition coefficient (Wildman–Crippen LogP) is 10.7. The fourth-order valence-electron chi connectivity index (χ4n) is 5.13. The SMILES string of the molecule is CC/C=C\C/C=C\C/C=C\C/C=C\C/C=C\CCCC(=O)NC(CS(=O)(=O)O)C(O)/C=C/CCCCCCCCCCCCCCC. The Labute approximate surface area is 289 Å². The topological polar surface area (TPSA) is 104 Å². The molecule has 270 valence electrons. The molecule has 0 aromatic heterocycles. The molecule has 0 aliphatic rings. The molecule has 7 heteroatoms. The van der Waals surface area contributed by atoms with Gasteiger partial charge in [-0.05, 0) is 57.8 Å². The molecule has 0 fully saturated rings. The summed E-state index contributed by atoms with van der Waals surface area (Å²) in [6.45, 7) is 4.39. The molecule has 0 radical (unpaired) electrons. The van der Waals surface area contributed by atoms with E-state index in [2.05, 4.69) is 73.8 Å². The van der Waals surface area contributed by atoms with Crippen LogP contribution >= 0.6 is 0 Å². The number of nitrogens with one attached hydrogen (secondary N) is 1. The van der Waals surface area contributed by atoms with Gasteiger partial charge in [0.25, 0.3) is 10.1 Å². The molecule has 6 nitrogen and oxygen atoms in total. The molecule has 2 atom stereocenters. The molecule has 47 heavy (non-hydrogen) atoms. The zero-order valence-electron chi connectivity index (χ0n) is 29.9. The summed E-state index contributed by atoms with van der Waals surface area (Å²) in [5.41, 5.74) is 0. The number of aliphatic hydroxyl groups is 1. The Bertz CT molecular complexity index is 1010. The molecule has 0 aromatic carbocycles. The van der Waals surface area contributed by atoms with E-state index in [0.29, 0.717) is 6.42 Å². The van der Waals surface area contributed by atoms with Crippen LogP contribution in [0.25, 0.3) is 0 Å². The number of hydrogen-bond donors (Lipinski definition) is 3. The van der Waals surface area contributed by atoms with Gasteiger partial charge in [0.2, 0.25) is 5.91 Å². The molecule has 0 aliphatic carbocycles. The maximum atomic E-state index is 12.4. The van der Waals surface area contributed by atoms with Crippen LogP contribution in [0.1, 0.15) is 155 Å². The minimum atomic E-state index is -4.36. The molecule has 0 saturated heterocycles. The summed E-state index contributed by atoms with van der Waals surface area (Å²) in [5, 5.41) is 13.1. The second-order valence-corrected chi connectivity index (χ2v) is 14.0. The van der Waals surface area contributed by atoms with Crippen molar-refractivity contribution in [2.45, 2.75) is 167 Å². The highest BCUT2D eigenvalue weighted by Crippen LogP contribution is 2.13. The Balaban J connectivity index is 4.12. The highest BCUT2D eigenvalue weighted by molar-refractivity contribution is 7.85. The van der Waals surface area contributed by atoms with Crippen molar-refractivity contribution in [2.24, 2.45) is 0 Å². The van der Waals surface area contributed by atoms with E-state index in [1.54, 1.807) is 0 Å². The van der Waals surface area contributed by atoms with Crippen molar-refractivity contribution >= 4 is 16.0 Å². The molecule has 0 heterocycles. The van der Waals surface area contributed by atoms with Gasteiger partial charge in [-0.15, -0.1) is 0 Å². The average Bonchev–Trinajstić information content (AvgIpc) is 3.03. The first kappa shape index (κ1) is 44.8. The molecule has 0 rings (SSSR count). The van der Waals surface area contributed by atoms with Crippen molar-refractivity contribution in [1.29, 1.82) is 0 Å². The molecule has 0 aliphatic heterocycles. The molecule has 0 aromatic rings. The van der Waals surface area contributed by atoms with E-state index in [0.717, 1.165) is 57.8 Å². The van der Waals surface area contributed by atoms with Crippen LogP contribution in [-0.4, -0.2) is 41.9 Å². The van der Waals surface area contributed by atoms with E-state index >= 15 is 0 Å². The Morgan fingerprint density at radius 3 is 1.49 bits per heavy atom. The Morgan fingerprint density at radius 1 is 0.596 bits per heavy atom. The van der Waals surface area contributed by atoms with Gasteiger partial charge in [0, 0.05) is 6.42 Å². The van der Waals surface area contributed by atoms with Crippen LogP contribution in [-0.2, 0) is 14.9 Å². The standard InChI is InChI=1S/C40H69NO5S/c1-3-5-7-9-11-13-15-17-19-20-22-24-26-28-30-32-34-36-40(43)41-38(37-47(44,45)46)39(42)35-33-31-29-27-25-23-21-18-16-14-12-10-8-6-4-2/h5,7,11,13,17,19,22,24,28,30,33,35,38-39,42H,3-4,6,8-10,12,14-16,18,20-21,23,25-27,29,31-32,34,36-37H2,1-2H3,(H,41,43)(H,44,45,46)/b7-5-,13-11-,19-17-,24-22-,30-28-,35-33+. The highest BCUT2D eigenvalue weighted by Gasteiger charge is 2.24. The van der Waals surface area contributed by atoms with Crippen molar-refractivity contribution in [1.82, 2.24) is 5.32 Å². The average molecular weight is 676 g/mol. The lowest BCUT2D eigenvalue weighted by molar-refractivity contribution is -0.122. The highest BCUT2D eigenvalue weighted by atomic mass is 32.2. The minimum absolute atomic E-state index is 0.214. The van der Waals surface area contributed by atoms with Crippen LogP contribution in [0.4, 0.5) is 0 Å². The van der Waals surface area contributed by atoms with Crippen molar-refractivity contribution in [3.8, 4) is 0 Å². The number of carbonyl (C=O) groups excluding carboxylic acids is 1. The third kappa shape index (κ3) is 34.9. The second kappa shape index (κ2) is 33.7. The Hall–Kier alpha value is -2.22. The summed E-state index contributed by atoms with van der Waals surface area (Å²) < 4.78 is 32.4. The number of unbranched alkanes of at least 4 members (excludes halogenated alkanes) is 14. The third-order valence-electron chi connectivity index (χ3n) is 7.89. The summed E-state index contributed by atoms with van der Waals surface area (Å²) in [6.07, 6.45) is 47.4. The summed E-state index contributed by atoms with van der Waals surface area (Å²) >= 11 is 0. The lowest BCUT2D eigenvalue weighted by Gasteiger charge is -2.21. The zero-order chi connectivity index (χ0) is 34.7. The van der Waals surface area contributed by atoms with E-state index in [4.69, 9.17) is 0 Å². The minimum Gasteiger partial charge on any atom is -0.387 e. The monoisotopic (exact) mass is 675 g/mol. The van der Waals surface area contributed by atoms with Gasteiger partial charge in [0.1, 0.15) is 0 Å². The summed E-state index contributed by atoms with van der Waals surface area (Å²) in [5.74, 6) is -1.06. The number of amides is 1. The number of aliphatic hydroxyl groups excluding tert-OH is 1. The van der Waals surface area contributed by atoms with Crippen molar-refractivity contribution in [3.63, 3.8) is 0 Å². The van der Waals surface area contributed by atoms with Gasteiger partial charge in [-0.25, -0.2) is 0 Å². The fraction of sp³-hybridized carbons (Fsp3) is 0.675. The van der Waals surface area contributed by atoms with E-state index < -0.39 is 28.0 Å². The normalized spacial score (nSPS) is 14.2. The van der Waals surface area contributed by atoms with Crippen LogP contribution in [0.3, 0.4) is 0 Å². The van der Waals surface area contributed by atoms with Gasteiger partial charge >= 0.3 is 0 Å². The summed E-state index contributed by atoms with van der Waals surface area (Å²) in [6, 6.07) is -1.09. The van der Waals surface area contributed by atoms with Gasteiger partial charge in [0.15, 0.2) is 0 Å². The number of carbonyl (C=O) groups is 1. The van der Waals surface area contributed by atoms with E-state index in [1.807, 2.05) is 12.2 Å². The zero-order valence-corrected chi connectivity index (χ0v) is 30.7. The molecule has 0 bridgehead atoms. The molecule has 0 spiro atoms. The lowest BCUT2D eigenvalue weighted by Crippen LogP contribution is -2.46. The van der Waals surface area contributed by atoms with Crippen molar-refractivity contribution in [3.05, 3.63) is 72.9 Å². The Kier molecular flexibility index (Phi) is 32.1. The third-order valence-corrected chi connectivity index (χ3v) is 8.67. The van der Waals surface area contributed by atoms with Gasteiger partial charge in [0.05, 0.1) is 17.9 Å². The van der Waals surface area contributed by atoms with E-state index in [9.17, 15) is 22.9 Å². The summed E-state index contributed by atoms with van der Waals surface area (Å²) in [4.78, 5) is 12.4. The summed E-state index contributed by atoms with van der Waals surface area (Å²) in [7, 11) is -4.36. The smallest absolute Gasteiger partial charge is 0.267 e. The van der Waals surface area contributed by atoms with Crippen LogP contribution < -0.4 is 5.32 Å². The maximum absolute atomic E-state index is 12.4. The maximum Gasteiger partial charge on any atom is 0.267 e. The van der Waals surface area contributed by atoms with E-state index in [-0.39, 0.29) is 12.3 Å². The second-order valence-electron chi connectivity index (χ2n) is 12.5. The van der Waals surface area contributed by atoms with Crippen molar-refractivity contribution in [2.75, 3.05) is 5.75 Å². The van der Waals surface area contributed by atoms with Crippen LogP contribution in [0, 0.1) is 0 Å². The lowest BCUT2D eigenvalue weighted by atomic mass is 10.0. The molecule has 2 unspecified atom stereocenters.